The van der Waals surface area contributed by atoms with Crippen molar-refractivity contribution in [2.45, 2.75) is 32.0 Å². The molecule has 0 spiro atoms. The molecule has 1 atom stereocenters. The molecule has 0 amide bonds. The van der Waals surface area contributed by atoms with Crippen LogP contribution >= 0.6 is 0 Å². The largest absolute Gasteiger partial charge is 0.419 e. The summed E-state index contributed by atoms with van der Waals surface area (Å²) >= 11 is 0. The molecule has 0 aliphatic carbocycles. The molecule has 2 rings (SSSR count). The van der Waals surface area contributed by atoms with Gasteiger partial charge >= 0.3 is 6.18 Å². The molecule has 3 nitrogen and oxygen atoms in total. The van der Waals surface area contributed by atoms with Crippen LogP contribution in [-0.4, -0.2) is 22.9 Å². The van der Waals surface area contributed by atoms with E-state index in [-0.39, 0.29) is 6.04 Å². The third-order valence-corrected chi connectivity index (χ3v) is 3.41. The highest BCUT2D eigenvalue weighted by Crippen LogP contribution is 2.31. The minimum Gasteiger partial charge on any atom is -0.317 e. The Morgan fingerprint density at radius 2 is 2.06 bits per heavy atom. The summed E-state index contributed by atoms with van der Waals surface area (Å²) in [5.74, 6) is 0.400. The van der Waals surface area contributed by atoms with Gasteiger partial charge in [0.25, 0.3) is 0 Å². The Kier molecular flexibility index (Phi) is 3.42. The Morgan fingerprint density at radius 1 is 1.41 bits per heavy atom. The summed E-state index contributed by atoms with van der Waals surface area (Å²) in [5.41, 5.74) is -0.668. The number of halogens is 3. The molecule has 2 heterocycles. The minimum absolute atomic E-state index is 0.0215. The summed E-state index contributed by atoms with van der Waals surface area (Å²) in [6, 6.07) is 0.0215. The molecule has 96 valence electrons. The first-order valence-electron chi connectivity index (χ1n) is 5.80. The highest BCUT2D eigenvalue weighted by Gasteiger charge is 2.33. The van der Waals surface area contributed by atoms with Crippen LogP contribution < -0.4 is 5.32 Å². The fourth-order valence-electron chi connectivity index (χ4n) is 2.25. The average molecular weight is 247 g/mol. The summed E-state index contributed by atoms with van der Waals surface area (Å²) < 4.78 is 38.8. The van der Waals surface area contributed by atoms with Crippen LogP contribution in [0.25, 0.3) is 0 Å². The maximum absolute atomic E-state index is 12.4. The predicted octanol–water partition coefficient (Wildman–Crippen LogP) is 2.46. The number of alkyl halides is 3. The Labute approximate surface area is 98.0 Å². The van der Waals surface area contributed by atoms with Crippen molar-refractivity contribution in [1.29, 1.82) is 0 Å². The maximum atomic E-state index is 12.4. The highest BCUT2D eigenvalue weighted by atomic mass is 19.4. The van der Waals surface area contributed by atoms with Gasteiger partial charge in [0.05, 0.1) is 17.8 Å². The van der Waals surface area contributed by atoms with E-state index in [0.29, 0.717) is 5.92 Å². The average Bonchev–Trinajstić information content (AvgIpc) is 2.78. The standard InChI is InChI=1S/C11H16F3N3/c1-8(9-2-4-15-5-3-9)17-7-10(6-16-17)11(12,13)14/h6-9,15H,2-5H2,1H3. The molecule has 1 aliphatic rings. The van der Waals surface area contributed by atoms with Gasteiger partial charge in [-0.15, -0.1) is 0 Å². The van der Waals surface area contributed by atoms with Crippen molar-refractivity contribution in [2.75, 3.05) is 13.1 Å². The van der Waals surface area contributed by atoms with Gasteiger partial charge in [-0.3, -0.25) is 4.68 Å². The van der Waals surface area contributed by atoms with Gasteiger partial charge in [0.2, 0.25) is 0 Å². The number of nitrogens with zero attached hydrogens (tertiary/aromatic N) is 2. The lowest BCUT2D eigenvalue weighted by atomic mass is 9.91. The van der Waals surface area contributed by atoms with Crippen LogP contribution in [0.4, 0.5) is 13.2 Å². The Bertz CT molecular complexity index is 366. The quantitative estimate of drug-likeness (QED) is 0.870. The smallest absolute Gasteiger partial charge is 0.317 e. The molecule has 1 N–H and O–H groups in total. The highest BCUT2D eigenvalue weighted by molar-refractivity contribution is 5.09. The van der Waals surface area contributed by atoms with E-state index in [2.05, 4.69) is 10.4 Å². The van der Waals surface area contributed by atoms with E-state index in [4.69, 9.17) is 0 Å². The maximum Gasteiger partial charge on any atom is 0.419 e. The number of nitrogens with one attached hydrogen (secondary N) is 1. The molecule has 0 radical (unpaired) electrons. The predicted molar refractivity (Wildman–Crippen MR) is 57.5 cm³/mol. The summed E-state index contributed by atoms with van der Waals surface area (Å²) in [7, 11) is 0. The first kappa shape index (κ1) is 12.4. The van der Waals surface area contributed by atoms with Crippen LogP contribution in [0.2, 0.25) is 0 Å². The van der Waals surface area contributed by atoms with E-state index in [1.807, 2.05) is 6.92 Å². The van der Waals surface area contributed by atoms with E-state index in [0.717, 1.165) is 38.3 Å². The van der Waals surface area contributed by atoms with E-state index < -0.39 is 11.7 Å². The topological polar surface area (TPSA) is 29.9 Å². The van der Waals surface area contributed by atoms with Crippen LogP contribution in [0.5, 0.6) is 0 Å². The zero-order valence-electron chi connectivity index (χ0n) is 9.67. The van der Waals surface area contributed by atoms with Gasteiger partial charge < -0.3 is 5.32 Å². The number of hydrogen-bond donors (Lipinski definition) is 1. The first-order valence-corrected chi connectivity index (χ1v) is 5.80. The second-order valence-electron chi connectivity index (χ2n) is 4.53. The Hall–Kier alpha value is -1.04. The van der Waals surface area contributed by atoms with Gasteiger partial charge in [0.1, 0.15) is 0 Å². The third kappa shape index (κ3) is 2.80. The number of hydrogen-bond acceptors (Lipinski definition) is 2. The third-order valence-electron chi connectivity index (χ3n) is 3.41. The van der Waals surface area contributed by atoms with Crippen molar-refractivity contribution in [1.82, 2.24) is 15.1 Å². The Balaban J connectivity index is 2.08. The van der Waals surface area contributed by atoms with Gasteiger partial charge in [0, 0.05) is 6.20 Å². The summed E-state index contributed by atoms with van der Waals surface area (Å²) in [4.78, 5) is 0. The summed E-state index contributed by atoms with van der Waals surface area (Å²) in [6.45, 7) is 3.80. The fourth-order valence-corrected chi connectivity index (χ4v) is 2.25. The van der Waals surface area contributed by atoms with Crippen molar-refractivity contribution in [3.8, 4) is 0 Å². The molecule has 1 aliphatic heterocycles. The number of aromatic nitrogens is 2. The SMILES string of the molecule is CC(C1CCNCC1)n1cc(C(F)(F)F)cn1. The molecular weight excluding hydrogens is 231 g/mol. The Morgan fingerprint density at radius 3 is 2.59 bits per heavy atom. The lowest BCUT2D eigenvalue weighted by Crippen LogP contribution is -2.32. The fraction of sp³-hybridized carbons (Fsp3) is 0.727. The minimum atomic E-state index is -4.30. The molecule has 1 aromatic rings. The summed E-state index contributed by atoms with van der Waals surface area (Å²) in [5, 5.41) is 7.07. The van der Waals surface area contributed by atoms with E-state index in [1.54, 1.807) is 0 Å². The molecule has 0 bridgehead atoms. The van der Waals surface area contributed by atoms with Crippen molar-refractivity contribution in [2.24, 2.45) is 5.92 Å². The monoisotopic (exact) mass is 247 g/mol. The molecule has 0 aromatic carbocycles. The van der Waals surface area contributed by atoms with Crippen molar-refractivity contribution in [3.05, 3.63) is 18.0 Å². The van der Waals surface area contributed by atoms with Crippen LogP contribution in [0.3, 0.4) is 0 Å². The van der Waals surface area contributed by atoms with Crippen LogP contribution in [0, 0.1) is 5.92 Å². The lowest BCUT2D eigenvalue weighted by molar-refractivity contribution is -0.137. The van der Waals surface area contributed by atoms with Crippen LogP contribution in [0.1, 0.15) is 31.4 Å². The molecule has 1 saturated heterocycles. The van der Waals surface area contributed by atoms with Gasteiger partial charge in [-0.2, -0.15) is 18.3 Å². The molecule has 1 fully saturated rings. The van der Waals surface area contributed by atoms with Crippen molar-refractivity contribution in [3.63, 3.8) is 0 Å². The molecule has 1 aromatic heterocycles. The van der Waals surface area contributed by atoms with E-state index in [9.17, 15) is 13.2 Å². The molecule has 17 heavy (non-hydrogen) atoms. The van der Waals surface area contributed by atoms with Crippen LogP contribution in [-0.2, 0) is 6.18 Å². The first-order chi connectivity index (χ1) is 7.98. The normalized spacial score (nSPS) is 20.5. The second-order valence-corrected chi connectivity index (χ2v) is 4.53. The van der Waals surface area contributed by atoms with E-state index >= 15 is 0 Å². The van der Waals surface area contributed by atoms with Crippen molar-refractivity contribution >= 4 is 0 Å². The van der Waals surface area contributed by atoms with E-state index in [1.165, 1.54) is 4.68 Å². The number of piperidine rings is 1. The van der Waals surface area contributed by atoms with Gasteiger partial charge in [-0.25, -0.2) is 0 Å². The summed E-state index contributed by atoms with van der Waals surface area (Å²) in [6.07, 6.45) is -0.318. The number of rotatable bonds is 2. The molecule has 6 heteroatoms. The van der Waals surface area contributed by atoms with Gasteiger partial charge in [-0.05, 0) is 38.8 Å². The van der Waals surface area contributed by atoms with Gasteiger partial charge in [-0.1, -0.05) is 0 Å². The molecule has 1 unspecified atom stereocenters. The molecule has 0 saturated carbocycles. The van der Waals surface area contributed by atoms with Crippen LogP contribution in [0.15, 0.2) is 12.4 Å². The second kappa shape index (κ2) is 4.68. The van der Waals surface area contributed by atoms with Gasteiger partial charge in [0.15, 0.2) is 0 Å². The lowest BCUT2D eigenvalue weighted by Gasteiger charge is -2.28. The molecular formula is C11H16F3N3. The van der Waals surface area contributed by atoms with Crippen molar-refractivity contribution < 1.29 is 13.2 Å². The zero-order valence-corrected chi connectivity index (χ0v) is 9.67. The zero-order chi connectivity index (χ0) is 12.5.